The molecule has 0 radical (unpaired) electrons. The first-order chi connectivity index (χ1) is 16.6. The van der Waals surface area contributed by atoms with Crippen LogP contribution in [0.15, 0.2) is 72.8 Å². The van der Waals surface area contributed by atoms with Crippen LogP contribution in [0.1, 0.15) is 85.8 Å². The maximum Gasteiger partial charge on any atom is 2.00 e. The molecule has 2 aliphatic carbocycles. The molecule has 0 nitrogen and oxygen atoms in total. The summed E-state index contributed by atoms with van der Waals surface area (Å²) >= 11 is 0. The maximum atomic E-state index is 3.62. The molecule has 2 unspecified atom stereocenters. The second-order valence-corrected chi connectivity index (χ2v) is 9.90. The molecule has 2 atom stereocenters. The van der Waals surface area contributed by atoms with Crippen molar-refractivity contribution in [3.8, 4) is 22.3 Å². The van der Waals surface area contributed by atoms with Gasteiger partial charge in [0.1, 0.15) is 0 Å². The molecule has 6 rings (SSSR count). The molecule has 0 saturated carbocycles. The fraction of sp³-hybridized carbons (Fsp3) is 0.294. The molecule has 1 heteroatoms. The van der Waals surface area contributed by atoms with Gasteiger partial charge in [-0.2, -0.15) is 47.5 Å². The van der Waals surface area contributed by atoms with Gasteiger partial charge in [0.05, 0.1) is 0 Å². The molecule has 0 heterocycles. The quantitative estimate of drug-likeness (QED) is 0.168. The standard InChI is InChI=1S/2C17H17.Fe/c2*1-3-12(2)13-8-9-17-15(10-13)11-14-6-4-5-7-16(14)17;/h2*4-9,12H,3,11H2,1-2H3;/q2*-1;+2. The Hall–Kier alpha value is -2.60. The van der Waals surface area contributed by atoms with Gasteiger partial charge in [0.25, 0.3) is 0 Å². The molecule has 0 fully saturated rings. The third-order valence-corrected chi connectivity index (χ3v) is 7.74. The van der Waals surface area contributed by atoms with Crippen LogP contribution in [0.25, 0.3) is 22.3 Å². The van der Waals surface area contributed by atoms with E-state index in [2.05, 4.69) is 113 Å². The Morgan fingerprint density at radius 3 is 1.37 bits per heavy atom. The Kier molecular flexibility index (Phi) is 8.00. The fourth-order valence-corrected chi connectivity index (χ4v) is 5.17. The molecule has 35 heavy (non-hydrogen) atoms. The minimum atomic E-state index is 0. The van der Waals surface area contributed by atoms with Crippen LogP contribution in [0.2, 0.25) is 0 Å². The van der Waals surface area contributed by atoms with Crippen LogP contribution in [0.4, 0.5) is 0 Å². The monoisotopic (exact) mass is 498 g/mol. The van der Waals surface area contributed by atoms with Crippen molar-refractivity contribution in [1.82, 2.24) is 0 Å². The van der Waals surface area contributed by atoms with Crippen LogP contribution >= 0.6 is 0 Å². The third kappa shape index (κ3) is 5.04. The summed E-state index contributed by atoms with van der Waals surface area (Å²) in [5, 5.41) is 0. The average molecular weight is 498 g/mol. The van der Waals surface area contributed by atoms with Crippen LogP contribution in [-0.4, -0.2) is 0 Å². The summed E-state index contributed by atoms with van der Waals surface area (Å²) in [6, 6.07) is 33.7. The van der Waals surface area contributed by atoms with Crippen molar-refractivity contribution in [3.63, 3.8) is 0 Å². The van der Waals surface area contributed by atoms with Crippen molar-refractivity contribution in [1.29, 1.82) is 0 Å². The normalized spacial score (nSPS) is 13.8. The van der Waals surface area contributed by atoms with E-state index in [4.69, 9.17) is 0 Å². The van der Waals surface area contributed by atoms with Crippen LogP contribution in [0.3, 0.4) is 0 Å². The molecule has 0 saturated heterocycles. The molecule has 4 aromatic carbocycles. The van der Waals surface area contributed by atoms with E-state index in [0.29, 0.717) is 11.8 Å². The summed E-state index contributed by atoms with van der Waals surface area (Å²) in [4.78, 5) is 0. The van der Waals surface area contributed by atoms with E-state index < -0.39 is 0 Å². The molecular weight excluding hydrogens is 464 g/mol. The first-order valence-corrected chi connectivity index (χ1v) is 12.9. The first kappa shape index (κ1) is 25.5. The van der Waals surface area contributed by atoms with E-state index in [-0.39, 0.29) is 17.1 Å². The summed E-state index contributed by atoms with van der Waals surface area (Å²) in [7, 11) is 0. The number of hydrogen-bond acceptors (Lipinski definition) is 0. The van der Waals surface area contributed by atoms with Crippen molar-refractivity contribution >= 4 is 0 Å². The van der Waals surface area contributed by atoms with Gasteiger partial charge in [-0.1, -0.05) is 111 Å². The Morgan fingerprint density at radius 1 is 0.571 bits per heavy atom. The molecule has 0 amide bonds. The van der Waals surface area contributed by atoms with Crippen LogP contribution in [-0.2, 0) is 29.9 Å². The summed E-state index contributed by atoms with van der Waals surface area (Å²) in [5.41, 5.74) is 13.9. The third-order valence-electron chi connectivity index (χ3n) is 7.74. The molecule has 4 aromatic rings. The topological polar surface area (TPSA) is 0 Å². The van der Waals surface area contributed by atoms with E-state index in [1.165, 1.54) is 68.5 Å². The summed E-state index contributed by atoms with van der Waals surface area (Å²) < 4.78 is 0. The van der Waals surface area contributed by atoms with Gasteiger partial charge in [0.15, 0.2) is 0 Å². The second-order valence-electron chi connectivity index (χ2n) is 9.90. The fourth-order valence-electron chi connectivity index (χ4n) is 5.17. The molecule has 0 aromatic heterocycles. The number of fused-ring (bicyclic) bond motifs is 6. The van der Waals surface area contributed by atoms with Gasteiger partial charge >= 0.3 is 17.1 Å². The Bertz CT molecular complexity index is 1210. The van der Waals surface area contributed by atoms with Crippen molar-refractivity contribution in [3.05, 3.63) is 118 Å². The van der Waals surface area contributed by atoms with Crippen molar-refractivity contribution < 1.29 is 17.1 Å². The second kappa shape index (κ2) is 11.0. The van der Waals surface area contributed by atoms with Gasteiger partial charge in [-0.3, -0.25) is 0 Å². The zero-order valence-corrected chi connectivity index (χ0v) is 22.4. The summed E-state index contributed by atoms with van der Waals surface area (Å²) in [6.07, 6.45) is 4.47. The summed E-state index contributed by atoms with van der Waals surface area (Å²) in [6.45, 7) is 9.03. The van der Waals surface area contributed by atoms with Crippen LogP contribution < -0.4 is 0 Å². The number of hydrogen-bond donors (Lipinski definition) is 0. The zero-order chi connectivity index (χ0) is 23.7. The van der Waals surface area contributed by atoms with Crippen molar-refractivity contribution in [2.75, 3.05) is 0 Å². The maximum absolute atomic E-state index is 3.62. The number of benzene rings is 4. The van der Waals surface area contributed by atoms with E-state index in [0.717, 1.165) is 12.8 Å². The zero-order valence-electron chi connectivity index (χ0n) is 21.3. The minimum Gasteiger partial charge on any atom is -0.176 e. The van der Waals surface area contributed by atoms with Crippen LogP contribution in [0, 0.1) is 12.1 Å². The van der Waals surface area contributed by atoms with Crippen LogP contribution in [0.5, 0.6) is 0 Å². The van der Waals surface area contributed by atoms with E-state index in [1.54, 1.807) is 0 Å². The van der Waals surface area contributed by atoms with E-state index in [9.17, 15) is 0 Å². The Morgan fingerprint density at radius 2 is 0.971 bits per heavy atom. The SMILES string of the molecule is CCC(C)c1[c-]c2c(cc1)-c1ccccc1C2.CCC(C)c1[c-]c2c(cc1)-c1ccccc1C2.[Fe+2]. The minimum absolute atomic E-state index is 0. The molecular formula is C34H34Fe. The molecule has 0 spiro atoms. The van der Waals surface area contributed by atoms with Gasteiger partial charge in [-0.05, 0) is 24.7 Å². The number of rotatable bonds is 4. The van der Waals surface area contributed by atoms with E-state index >= 15 is 0 Å². The predicted octanol–water partition coefficient (Wildman–Crippen LogP) is 9.14. The molecule has 0 N–H and O–H groups in total. The van der Waals surface area contributed by atoms with Gasteiger partial charge < -0.3 is 0 Å². The van der Waals surface area contributed by atoms with Crippen molar-refractivity contribution in [2.24, 2.45) is 0 Å². The smallest absolute Gasteiger partial charge is 0.176 e. The molecule has 2 aliphatic rings. The Labute approximate surface area is 222 Å². The molecule has 0 aliphatic heterocycles. The largest absolute Gasteiger partial charge is 2.00 e. The average Bonchev–Trinajstić information content (AvgIpc) is 3.45. The molecule has 0 bridgehead atoms. The molecule has 178 valence electrons. The van der Waals surface area contributed by atoms with Gasteiger partial charge in [-0.25, -0.2) is 0 Å². The van der Waals surface area contributed by atoms with Gasteiger partial charge in [0.2, 0.25) is 0 Å². The van der Waals surface area contributed by atoms with E-state index in [1.807, 2.05) is 0 Å². The van der Waals surface area contributed by atoms with Gasteiger partial charge in [-0.15, -0.1) is 22.3 Å². The predicted molar refractivity (Wildman–Crippen MR) is 144 cm³/mol. The van der Waals surface area contributed by atoms with Crippen molar-refractivity contribution in [2.45, 2.75) is 65.2 Å². The first-order valence-electron chi connectivity index (χ1n) is 12.9. The Balaban J connectivity index is 0.000000160. The van der Waals surface area contributed by atoms with Gasteiger partial charge in [0, 0.05) is 0 Å². The summed E-state index contributed by atoms with van der Waals surface area (Å²) in [5.74, 6) is 1.23.